The van der Waals surface area contributed by atoms with Gasteiger partial charge in [0.15, 0.2) is 0 Å². The molecule has 1 aliphatic rings. The Morgan fingerprint density at radius 1 is 1.29 bits per heavy atom. The summed E-state index contributed by atoms with van der Waals surface area (Å²) in [6, 6.07) is 6.39. The number of ether oxygens (including phenoxy) is 1. The summed E-state index contributed by atoms with van der Waals surface area (Å²) in [6.07, 6.45) is 2.76. The summed E-state index contributed by atoms with van der Waals surface area (Å²) >= 11 is 3.63. The number of hydrogen-bond acceptors (Lipinski definition) is 3. The maximum Gasteiger partial charge on any atom is 0.303 e. The number of aliphatic carboxylic acids is 1. The van der Waals surface area contributed by atoms with Crippen LogP contribution in [0.25, 0.3) is 0 Å². The molecule has 0 unspecified atom stereocenters. The number of halogens is 1. The molecule has 2 rings (SSSR count). The molecule has 0 atom stereocenters. The topological polar surface area (TPSA) is 49.8 Å². The Hall–Kier alpha value is -0.910. The Kier molecular flexibility index (Phi) is 6.67. The van der Waals surface area contributed by atoms with Gasteiger partial charge in [-0.2, -0.15) is 0 Å². The van der Waals surface area contributed by atoms with Crippen molar-refractivity contribution in [2.75, 3.05) is 32.8 Å². The van der Waals surface area contributed by atoms with E-state index in [1.165, 1.54) is 11.1 Å². The predicted molar refractivity (Wildman–Crippen MR) is 85.7 cm³/mol. The summed E-state index contributed by atoms with van der Waals surface area (Å²) in [7, 11) is 0. The van der Waals surface area contributed by atoms with E-state index in [2.05, 4.69) is 39.0 Å². The lowest BCUT2D eigenvalue weighted by Gasteiger charge is -2.26. The fourth-order valence-corrected chi connectivity index (χ4v) is 3.12. The van der Waals surface area contributed by atoms with Gasteiger partial charge in [-0.05, 0) is 36.5 Å². The van der Waals surface area contributed by atoms with E-state index in [1.54, 1.807) is 0 Å². The number of carboxylic acids is 1. The molecule has 1 saturated heterocycles. The molecule has 0 bridgehead atoms. The largest absolute Gasteiger partial charge is 0.481 e. The van der Waals surface area contributed by atoms with Crippen molar-refractivity contribution in [1.29, 1.82) is 0 Å². The van der Waals surface area contributed by atoms with Crippen molar-refractivity contribution in [3.63, 3.8) is 0 Å². The molecular weight excluding hydrogens is 334 g/mol. The lowest BCUT2D eigenvalue weighted by molar-refractivity contribution is -0.137. The third kappa shape index (κ3) is 5.77. The number of carboxylic acid groups (broad SMARTS) is 1. The van der Waals surface area contributed by atoms with Crippen molar-refractivity contribution < 1.29 is 14.6 Å². The molecule has 0 spiro atoms. The van der Waals surface area contributed by atoms with Crippen LogP contribution in [0.1, 0.15) is 24.0 Å². The molecule has 116 valence electrons. The third-order valence-corrected chi connectivity index (χ3v) is 4.51. The molecule has 1 N–H and O–H groups in total. The SMILES string of the molecule is O=C(O)CCCc1ccc(CCN2CCOCC2)c(Br)c1. The van der Waals surface area contributed by atoms with E-state index < -0.39 is 5.97 Å². The van der Waals surface area contributed by atoms with Gasteiger partial charge in [0, 0.05) is 30.5 Å². The fraction of sp³-hybridized carbons (Fsp3) is 0.562. The van der Waals surface area contributed by atoms with E-state index in [1.807, 2.05) is 0 Å². The zero-order valence-electron chi connectivity index (χ0n) is 12.2. The van der Waals surface area contributed by atoms with Crippen LogP contribution in [0, 0.1) is 0 Å². The molecule has 0 aromatic heterocycles. The number of hydrogen-bond donors (Lipinski definition) is 1. The van der Waals surface area contributed by atoms with Gasteiger partial charge < -0.3 is 9.84 Å². The minimum atomic E-state index is -0.726. The van der Waals surface area contributed by atoms with Gasteiger partial charge in [0.05, 0.1) is 13.2 Å². The smallest absolute Gasteiger partial charge is 0.303 e. The van der Waals surface area contributed by atoms with Crippen molar-refractivity contribution in [2.45, 2.75) is 25.7 Å². The van der Waals surface area contributed by atoms with E-state index in [9.17, 15) is 4.79 Å². The highest BCUT2D eigenvalue weighted by Crippen LogP contribution is 2.21. The summed E-state index contributed by atoms with van der Waals surface area (Å²) in [6.45, 7) is 4.77. The zero-order chi connectivity index (χ0) is 15.1. The van der Waals surface area contributed by atoms with Gasteiger partial charge in [0.1, 0.15) is 0 Å². The number of morpholine rings is 1. The lowest BCUT2D eigenvalue weighted by Crippen LogP contribution is -2.37. The van der Waals surface area contributed by atoms with Crippen LogP contribution in [0.3, 0.4) is 0 Å². The van der Waals surface area contributed by atoms with Gasteiger partial charge in [0.2, 0.25) is 0 Å². The van der Waals surface area contributed by atoms with E-state index in [0.29, 0.717) is 6.42 Å². The second kappa shape index (κ2) is 8.51. The molecule has 0 aliphatic carbocycles. The van der Waals surface area contributed by atoms with E-state index in [0.717, 1.165) is 50.2 Å². The van der Waals surface area contributed by atoms with Gasteiger partial charge in [-0.15, -0.1) is 0 Å². The van der Waals surface area contributed by atoms with Gasteiger partial charge in [0.25, 0.3) is 0 Å². The van der Waals surface area contributed by atoms with E-state index >= 15 is 0 Å². The summed E-state index contributed by atoms with van der Waals surface area (Å²) < 4.78 is 6.48. The Morgan fingerprint density at radius 2 is 2.05 bits per heavy atom. The maximum atomic E-state index is 10.5. The molecule has 0 saturated carbocycles. The summed E-state index contributed by atoms with van der Waals surface area (Å²) in [5.74, 6) is -0.726. The monoisotopic (exact) mass is 355 g/mol. The molecular formula is C16H22BrNO3. The lowest BCUT2D eigenvalue weighted by atomic mass is 10.0. The van der Waals surface area contributed by atoms with Crippen molar-refractivity contribution >= 4 is 21.9 Å². The highest BCUT2D eigenvalue weighted by Gasteiger charge is 2.11. The molecule has 1 aromatic carbocycles. The summed E-state index contributed by atoms with van der Waals surface area (Å²) in [5.41, 5.74) is 2.50. The van der Waals surface area contributed by atoms with Gasteiger partial charge in [-0.25, -0.2) is 0 Å². The summed E-state index contributed by atoms with van der Waals surface area (Å²) in [4.78, 5) is 13.0. The van der Waals surface area contributed by atoms with Crippen LogP contribution in [0.4, 0.5) is 0 Å². The van der Waals surface area contributed by atoms with Crippen molar-refractivity contribution in [3.05, 3.63) is 33.8 Å². The van der Waals surface area contributed by atoms with Crippen molar-refractivity contribution in [1.82, 2.24) is 4.90 Å². The molecule has 0 amide bonds. The van der Waals surface area contributed by atoms with E-state index in [-0.39, 0.29) is 6.42 Å². The molecule has 1 aromatic rings. The average Bonchev–Trinajstić information content (AvgIpc) is 2.47. The maximum absolute atomic E-state index is 10.5. The molecule has 4 nitrogen and oxygen atoms in total. The quantitative estimate of drug-likeness (QED) is 0.816. The van der Waals surface area contributed by atoms with Gasteiger partial charge in [-0.3, -0.25) is 9.69 Å². The molecule has 1 fully saturated rings. The number of benzene rings is 1. The molecule has 0 radical (unpaired) electrons. The summed E-state index contributed by atoms with van der Waals surface area (Å²) in [5, 5.41) is 8.66. The number of rotatable bonds is 7. The fourth-order valence-electron chi connectivity index (χ4n) is 2.50. The zero-order valence-corrected chi connectivity index (χ0v) is 13.8. The number of aryl methyl sites for hydroxylation is 1. The first-order valence-corrected chi connectivity index (χ1v) is 8.23. The van der Waals surface area contributed by atoms with Crippen molar-refractivity contribution in [2.24, 2.45) is 0 Å². The Bertz CT molecular complexity index is 473. The Morgan fingerprint density at radius 3 is 2.71 bits per heavy atom. The first-order chi connectivity index (χ1) is 10.1. The minimum absolute atomic E-state index is 0.233. The number of carbonyl (C=O) groups is 1. The van der Waals surface area contributed by atoms with Crippen LogP contribution in [0.2, 0.25) is 0 Å². The van der Waals surface area contributed by atoms with Crippen LogP contribution in [0.15, 0.2) is 22.7 Å². The second-order valence-corrected chi connectivity index (χ2v) is 6.23. The van der Waals surface area contributed by atoms with Crippen LogP contribution >= 0.6 is 15.9 Å². The van der Waals surface area contributed by atoms with Crippen LogP contribution < -0.4 is 0 Å². The number of nitrogens with zero attached hydrogens (tertiary/aromatic N) is 1. The van der Waals surface area contributed by atoms with Gasteiger partial charge >= 0.3 is 5.97 Å². The standard InChI is InChI=1S/C16H22BrNO3/c17-15-12-13(2-1-3-16(19)20)4-5-14(15)6-7-18-8-10-21-11-9-18/h4-5,12H,1-3,6-11H2,(H,19,20). The molecule has 21 heavy (non-hydrogen) atoms. The predicted octanol–water partition coefficient (Wildman–Crippen LogP) is 2.73. The van der Waals surface area contributed by atoms with Crippen molar-refractivity contribution in [3.8, 4) is 0 Å². The highest BCUT2D eigenvalue weighted by atomic mass is 79.9. The Labute approximate surface area is 134 Å². The Balaban J connectivity index is 1.82. The second-order valence-electron chi connectivity index (χ2n) is 5.38. The molecule has 5 heteroatoms. The molecule has 1 heterocycles. The minimum Gasteiger partial charge on any atom is -0.481 e. The first kappa shape index (κ1) is 16.5. The van der Waals surface area contributed by atoms with Crippen LogP contribution in [-0.2, 0) is 22.4 Å². The third-order valence-electron chi connectivity index (χ3n) is 3.77. The van der Waals surface area contributed by atoms with Crippen LogP contribution in [0.5, 0.6) is 0 Å². The molecule has 1 aliphatic heterocycles. The van der Waals surface area contributed by atoms with Gasteiger partial charge in [-0.1, -0.05) is 28.1 Å². The van der Waals surface area contributed by atoms with E-state index in [4.69, 9.17) is 9.84 Å². The highest BCUT2D eigenvalue weighted by molar-refractivity contribution is 9.10. The average molecular weight is 356 g/mol. The normalized spacial score (nSPS) is 16.0. The first-order valence-electron chi connectivity index (χ1n) is 7.44. The van der Waals surface area contributed by atoms with Crippen LogP contribution in [-0.4, -0.2) is 48.8 Å².